The van der Waals surface area contributed by atoms with Crippen LogP contribution in [0.3, 0.4) is 0 Å². The normalized spacial score (nSPS) is 10.7. The van der Waals surface area contributed by atoms with Crippen molar-refractivity contribution in [3.05, 3.63) is 99.0 Å². The monoisotopic (exact) mass is 504 g/mol. The molecule has 11 heteroatoms. The highest BCUT2D eigenvalue weighted by atomic mass is 79.9. The van der Waals surface area contributed by atoms with Gasteiger partial charge in [0.1, 0.15) is 0 Å². The Bertz CT molecular complexity index is 1270. The number of nitro benzene ring substituents is 1. The van der Waals surface area contributed by atoms with E-state index in [1.165, 1.54) is 12.1 Å². The maximum Gasteiger partial charge on any atom is 0.269 e. The number of hydrazone groups is 1. The van der Waals surface area contributed by atoms with E-state index in [1.54, 1.807) is 18.3 Å². The zero-order chi connectivity index (χ0) is 23.0. The first-order valence-electron chi connectivity index (χ1n) is 9.69. The van der Waals surface area contributed by atoms with Crippen LogP contribution in [0.1, 0.15) is 5.56 Å². The molecule has 1 aromatic heterocycles. The molecule has 1 heterocycles. The number of non-ortho nitro benzene ring substituents is 1. The first-order valence-corrected chi connectivity index (χ1v) is 10.5. The quantitative estimate of drug-likeness (QED) is 0.163. The highest BCUT2D eigenvalue weighted by Gasteiger charge is 2.09. The number of rotatable bonds is 8. The molecule has 0 fully saturated rings. The zero-order valence-electron chi connectivity index (χ0n) is 17.0. The minimum atomic E-state index is -0.458. The number of aromatic nitrogens is 3. The van der Waals surface area contributed by atoms with Crippen molar-refractivity contribution in [2.24, 2.45) is 5.10 Å². The maximum absolute atomic E-state index is 10.9. The second kappa shape index (κ2) is 10.3. The largest absolute Gasteiger partial charge is 0.324 e. The van der Waals surface area contributed by atoms with Gasteiger partial charge in [-0.05, 0) is 42.0 Å². The SMILES string of the molecule is O=[N+]([O-])c1ccc(Nc2nc(NN=Cc3ccc(Br)cc3)nc(Nc3ccccc3)n2)cc1. The third-order valence-corrected chi connectivity index (χ3v) is 4.78. The Kier molecular flexibility index (Phi) is 6.81. The summed E-state index contributed by atoms with van der Waals surface area (Å²) in [5, 5.41) is 21.2. The lowest BCUT2D eigenvalue weighted by molar-refractivity contribution is -0.384. The van der Waals surface area contributed by atoms with Crippen LogP contribution in [0, 0.1) is 10.1 Å². The van der Waals surface area contributed by atoms with Crippen LogP contribution in [-0.2, 0) is 0 Å². The molecule has 164 valence electrons. The van der Waals surface area contributed by atoms with E-state index in [0.717, 1.165) is 15.7 Å². The van der Waals surface area contributed by atoms with Gasteiger partial charge in [0, 0.05) is 28.0 Å². The molecule has 10 nitrogen and oxygen atoms in total. The summed E-state index contributed by atoms with van der Waals surface area (Å²) in [6.07, 6.45) is 1.64. The molecular weight excluding hydrogens is 488 g/mol. The molecule has 0 bridgehead atoms. The lowest BCUT2D eigenvalue weighted by Crippen LogP contribution is -2.07. The van der Waals surface area contributed by atoms with Gasteiger partial charge < -0.3 is 10.6 Å². The van der Waals surface area contributed by atoms with Crippen LogP contribution in [-0.4, -0.2) is 26.1 Å². The van der Waals surface area contributed by atoms with Gasteiger partial charge >= 0.3 is 0 Å². The summed E-state index contributed by atoms with van der Waals surface area (Å²) in [4.78, 5) is 23.5. The van der Waals surface area contributed by atoms with Crippen LogP contribution in [0.4, 0.5) is 34.9 Å². The van der Waals surface area contributed by atoms with Crippen LogP contribution < -0.4 is 16.1 Å². The number of hydrogen-bond acceptors (Lipinski definition) is 9. The summed E-state index contributed by atoms with van der Waals surface area (Å²) in [5.41, 5.74) is 5.08. The molecule has 0 radical (unpaired) electrons. The van der Waals surface area contributed by atoms with E-state index in [0.29, 0.717) is 11.6 Å². The van der Waals surface area contributed by atoms with E-state index in [9.17, 15) is 10.1 Å². The van der Waals surface area contributed by atoms with Gasteiger partial charge in [-0.1, -0.05) is 46.3 Å². The molecule has 3 aromatic carbocycles. The van der Waals surface area contributed by atoms with Gasteiger partial charge in [-0.25, -0.2) is 5.43 Å². The van der Waals surface area contributed by atoms with Crippen LogP contribution in [0.15, 0.2) is 88.4 Å². The Morgan fingerprint density at radius 3 is 1.97 bits per heavy atom. The molecule has 0 spiro atoms. The van der Waals surface area contributed by atoms with Gasteiger partial charge in [0.2, 0.25) is 17.8 Å². The van der Waals surface area contributed by atoms with Crippen molar-refractivity contribution in [1.29, 1.82) is 0 Å². The Morgan fingerprint density at radius 2 is 1.36 bits per heavy atom. The molecule has 3 N–H and O–H groups in total. The van der Waals surface area contributed by atoms with E-state index < -0.39 is 4.92 Å². The lowest BCUT2D eigenvalue weighted by atomic mass is 10.2. The number of nitrogens with zero attached hydrogens (tertiary/aromatic N) is 5. The van der Waals surface area contributed by atoms with Crippen LogP contribution in [0.25, 0.3) is 0 Å². The van der Waals surface area contributed by atoms with E-state index >= 15 is 0 Å². The average Bonchev–Trinajstić information content (AvgIpc) is 2.81. The third kappa shape index (κ3) is 6.31. The van der Waals surface area contributed by atoms with Crippen molar-refractivity contribution in [2.75, 3.05) is 16.1 Å². The molecular formula is C22H17BrN8O2. The summed E-state index contributed by atoms with van der Waals surface area (Å²) < 4.78 is 0.976. The summed E-state index contributed by atoms with van der Waals surface area (Å²) in [6, 6.07) is 23.0. The summed E-state index contributed by atoms with van der Waals surface area (Å²) >= 11 is 3.40. The molecule has 0 aliphatic heterocycles. The van der Waals surface area contributed by atoms with Crippen molar-refractivity contribution in [1.82, 2.24) is 15.0 Å². The fourth-order valence-corrected chi connectivity index (χ4v) is 2.96. The number of halogens is 1. The van der Waals surface area contributed by atoms with Crippen molar-refractivity contribution >= 4 is 57.1 Å². The van der Waals surface area contributed by atoms with Gasteiger partial charge in [0.25, 0.3) is 5.69 Å². The first-order chi connectivity index (χ1) is 16.0. The Morgan fingerprint density at radius 1 is 0.788 bits per heavy atom. The Hall–Kier alpha value is -4.38. The van der Waals surface area contributed by atoms with Crippen LogP contribution in [0.2, 0.25) is 0 Å². The standard InChI is InChI=1S/C22H17BrN8O2/c23-16-8-6-15(7-9-16)14-24-30-22-28-20(25-17-4-2-1-3-5-17)27-21(29-22)26-18-10-12-19(13-11-18)31(32)33/h1-14H,(H3,25,26,27,28,29,30). The van der Waals surface area contributed by atoms with Gasteiger partial charge in [0.15, 0.2) is 0 Å². The minimum absolute atomic E-state index is 0.00716. The van der Waals surface area contributed by atoms with Crippen molar-refractivity contribution < 1.29 is 4.92 Å². The number of nitro groups is 1. The average molecular weight is 505 g/mol. The molecule has 33 heavy (non-hydrogen) atoms. The molecule has 4 aromatic rings. The number of nitrogens with one attached hydrogen (secondary N) is 3. The maximum atomic E-state index is 10.9. The molecule has 0 saturated carbocycles. The molecule has 0 atom stereocenters. The zero-order valence-corrected chi connectivity index (χ0v) is 18.6. The number of para-hydroxylation sites is 1. The molecule has 0 aliphatic carbocycles. The van der Waals surface area contributed by atoms with Gasteiger partial charge in [-0.3, -0.25) is 10.1 Å². The first kappa shape index (κ1) is 21.8. The number of benzene rings is 3. The van der Waals surface area contributed by atoms with E-state index in [2.05, 4.69) is 52.0 Å². The predicted octanol–water partition coefficient (Wildman–Crippen LogP) is 5.48. The molecule has 0 aliphatic rings. The number of hydrogen-bond donors (Lipinski definition) is 3. The Balaban J connectivity index is 1.56. The predicted molar refractivity (Wildman–Crippen MR) is 131 cm³/mol. The second-order valence-corrected chi connectivity index (χ2v) is 7.56. The summed E-state index contributed by atoms with van der Waals surface area (Å²) in [5.74, 6) is 0.738. The third-order valence-electron chi connectivity index (χ3n) is 4.25. The minimum Gasteiger partial charge on any atom is -0.324 e. The molecule has 0 saturated heterocycles. The van der Waals surface area contributed by atoms with Gasteiger partial charge in [-0.2, -0.15) is 20.1 Å². The summed E-state index contributed by atoms with van der Waals surface area (Å²) in [7, 11) is 0. The van der Waals surface area contributed by atoms with Crippen LogP contribution in [0.5, 0.6) is 0 Å². The second-order valence-electron chi connectivity index (χ2n) is 6.65. The summed E-state index contributed by atoms with van der Waals surface area (Å²) in [6.45, 7) is 0. The van der Waals surface area contributed by atoms with E-state index in [-0.39, 0.29) is 17.6 Å². The molecule has 0 amide bonds. The van der Waals surface area contributed by atoms with Crippen molar-refractivity contribution in [2.45, 2.75) is 0 Å². The smallest absolute Gasteiger partial charge is 0.269 e. The lowest BCUT2D eigenvalue weighted by Gasteiger charge is -2.10. The van der Waals surface area contributed by atoms with Crippen molar-refractivity contribution in [3.8, 4) is 0 Å². The topological polar surface area (TPSA) is 130 Å². The fraction of sp³-hybridized carbons (Fsp3) is 0. The highest BCUT2D eigenvalue weighted by molar-refractivity contribution is 9.10. The van der Waals surface area contributed by atoms with Gasteiger partial charge in [0.05, 0.1) is 11.1 Å². The molecule has 0 unspecified atom stereocenters. The number of anilines is 5. The molecule has 4 rings (SSSR count). The fourth-order valence-electron chi connectivity index (χ4n) is 2.70. The van der Waals surface area contributed by atoms with Crippen molar-refractivity contribution in [3.63, 3.8) is 0 Å². The van der Waals surface area contributed by atoms with Crippen LogP contribution >= 0.6 is 15.9 Å². The van der Waals surface area contributed by atoms with E-state index in [1.807, 2.05) is 54.6 Å². The highest BCUT2D eigenvalue weighted by Crippen LogP contribution is 2.21. The van der Waals surface area contributed by atoms with Gasteiger partial charge in [-0.15, -0.1) is 0 Å². The Labute approximate surface area is 197 Å². The van der Waals surface area contributed by atoms with E-state index in [4.69, 9.17) is 0 Å².